The summed E-state index contributed by atoms with van der Waals surface area (Å²) >= 11 is 6.41. The van der Waals surface area contributed by atoms with Gasteiger partial charge in [0.05, 0.1) is 0 Å². The highest BCUT2D eigenvalue weighted by atomic mass is 35.5. The van der Waals surface area contributed by atoms with E-state index in [0.717, 1.165) is 18.1 Å². The molecule has 1 N–H and O–H groups in total. The predicted octanol–water partition coefficient (Wildman–Crippen LogP) is 4.40. The molecule has 0 saturated heterocycles. The largest absolute Gasteiger partial charge is 0.316 e. The van der Waals surface area contributed by atoms with Crippen molar-refractivity contribution < 1.29 is 0 Å². The Morgan fingerprint density at radius 3 is 2.50 bits per heavy atom. The number of hydrogen-bond donors (Lipinski definition) is 1. The van der Waals surface area contributed by atoms with Crippen LogP contribution in [0.5, 0.6) is 0 Å². The summed E-state index contributed by atoms with van der Waals surface area (Å²) in [6, 6.07) is 8.38. The van der Waals surface area contributed by atoms with Crippen LogP contribution in [0, 0.1) is 5.92 Å². The lowest BCUT2D eigenvalue weighted by Crippen LogP contribution is -2.37. The molecule has 100 valence electrons. The molecular weight excluding hydrogens is 242 g/mol. The zero-order chi connectivity index (χ0) is 13.0. The number of nitrogens with one attached hydrogen (secondary N) is 1. The highest BCUT2D eigenvalue weighted by molar-refractivity contribution is 6.31. The summed E-state index contributed by atoms with van der Waals surface area (Å²) in [5.74, 6) is 0.703. The van der Waals surface area contributed by atoms with Crippen molar-refractivity contribution in [3.05, 3.63) is 34.9 Å². The second kappa shape index (κ2) is 6.08. The molecular formula is C16H24ClN. The maximum atomic E-state index is 6.41. The van der Waals surface area contributed by atoms with Crippen LogP contribution in [-0.2, 0) is 5.41 Å². The Morgan fingerprint density at radius 2 is 1.89 bits per heavy atom. The molecule has 0 amide bonds. The third kappa shape index (κ3) is 3.07. The lowest BCUT2D eigenvalue weighted by atomic mass is 9.78. The molecule has 0 spiro atoms. The van der Waals surface area contributed by atoms with Crippen LogP contribution in [0.15, 0.2) is 24.3 Å². The first-order valence-corrected chi connectivity index (χ1v) is 7.48. The lowest BCUT2D eigenvalue weighted by molar-refractivity contribution is 0.391. The van der Waals surface area contributed by atoms with Crippen molar-refractivity contribution in [3.8, 4) is 0 Å². The Hall–Kier alpha value is -0.530. The van der Waals surface area contributed by atoms with Crippen molar-refractivity contribution >= 4 is 11.6 Å². The minimum Gasteiger partial charge on any atom is -0.316 e. The van der Waals surface area contributed by atoms with E-state index in [0.29, 0.717) is 5.92 Å². The van der Waals surface area contributed by atoms with Crippen LogP contribution in [0.2, 0.25) is 5.02 Å². The molecule has 0 unspecified atom stereocenters. The molecule has 0 atom stereocenters. The maximum absolute atomic E-state index is 6.41. The molecule has 0 radical (unpaired) electrons. The van der Waals surface area contributed by atoms with Crippen molar-refractivity contribution in [2.24, 2.45) is 5.92 Å². The van der Waals surface area contributed by atoms with Gasteiger partial charge in [-0.3, -0.25) is 0 Å². The average Bonchev–Trinajstić information content (AvgIpc) is 2.79. The maximum Gasteiger partial charge on any atom is 0.0444 e. The molecule has 1 saturated carbocycles. The molecule has 1 aromatic carbocycles. The molecule has 2 rings (SSSR count). The third-order valence-corrected chi connectivity index (χ3v) is 4.35. The molecule has 0 bridgehead atoms. The molecule has 0 heterocycles. The van der Waals surface area contributed by atoms with Gasteiger partial charge >= 0.3 is 0 Å². The minimum atomic E-state index is 0.271. The van der Waals surface area contributed by atoms with E-state index in [1.165, 1.54) is 31.2 Å². The van der Waals surface area contributed by atoms with Gasteiger partial charge in [-0.05, 0) is 36.9 Å². The summed E-state index contributed by atoms with van der Waals surface area (Å²) in [5.41, 5.74) is 1.62. The fraction of sp³-hybridized carbons (Fsp3) is 0.625. The van der Waals surface area contributed by atoms with Crippen LogP contribution < -0.4 is 5.32 Å². The van der Waals surface area contributed by atoms with Gasteiger partial charge in [-0.1, -0.05) is 56.5 Å². The topological polar surface area (TPSA) is 12.0 Å². The van der Waals surface area contributed by atoms with E-state index in [1.54, 1.807) is 0 Å². The zero-order valence-electron chi connectivity index (χ0n) is 11.5. The molecule has 18 heavy (non-hydrogen) atoms. The summed E-state index contributed by atoms with van der Waals surface area (Å²) in [6.45, 7) is 6.66. The molecule has 0 aromatic heterocycles. The molecule has 2 heteroatoms. The standard InChI is InChI=1S/C16H24ClN/c1-13(2)11-18-12-16(9-5-6-10-16)14-7-3-4-8-15(14)17/h3-4,7-8,13,18H,5-6,9-12H2,1-2H3. The van der Waals surface area contributed by atoms with Crippen molar-refractivity contribution in [1.29, 1.82) is 0 Å². The minimum absolute atomic E-state index is 0.271. The van der Waals surface area contributed by atoms with Crippen LogP contribution >= 0.6 is 11.6 Å². The molecule has 1 fully saturated rings. The normalized spacial score (nSPS) is 18.4. The Balaban J connectivity index is 2.14. The molecule has 1 aliphatic carbocycles. The first kappa shape index (κ1) is 13.9. The summed E-state index contributed by atoms with van der Waals surface area (Å²) in [7, 11) is 0. The Labute approximate surface area is 116 Å². The number of benzene rings is 1. The van der Waals surface area contributed by atoms with Gasteiger partial charge in [-0.15, -0.1) is 0 Å². The van der Waals surface area contributed by atoms with Crippen LogP contribution in [0.3, 0.4) is 0 Å². The quantitative estimate of drug-likeness (QED) is 0.832. The average molecular weight is 266 g/mol. The van der Waals surface area contributed by atoms with Gasteiger partial charge in [-0.25, -0.2) is 0 Å². The summed E-state index contributed by atoms with van der Waals surface area (Å²) < 4.78 is 0. The third-order valence-electron chi connectivity index (χ3n) is 4.02. The summed E-state index contributed by atoms with van der Waals surface area (Å²) in [6.07, 6.45) is 5.19. The van der Waals surface area contributed by atoms with E-state index in [2.05, 4.69) is 31.3 Å². The van der Waals surface area contributed by atoms with Gasteiger partial charge in [0.1, 0.15) is 0 Å². The van der Waals surface area contributed by atoms with E-state index >= 15 is 0 Å². The highest BCUT2D eigenvalue weighted by Gasteiger charge is 2.36. The lowest BCUT2D eigenvalue weighted by Gasteiger charge is -2.31. The second-order valence-corrected chi connectivity index (χ2v) is 6.40. The second-order valence-electron chi connectivity index (χ2n) is 5.99. The van der Waals surface area contributed by atoms with Crippen LogP contribution in [0.25, 0.3) is 0 Å². The molecule has 1 aromatic rings. The van der Waals surface area contributed by atoms with E-state index in [-0.39, 0.29) is 5.41 Å². The fourth-order valence-corrected chi connectivity index (χ4v) is 3.42. The van der Waals surface area contributed by atoms with Gasteiger partial charge in [0.25, 0.3) is 0 Å². The van der Waals surface area contributed by atoms with E-state index in [9.17, 15) is 0 Å². The van der Waals surface area contributed by atoms with Crippen molar-refractivity contribution in [3.63, 3.8) is 0 Å². The van der Waals surface area contributed by atoms with Gasteiger partial charge in [-0.2, -0.15) is 0 Å². The molecule has 1 nitrogen and oxygen atoms in total. The molecule has 1 aliphatic rings. The van der Waals surface area contributed by atoms with E-state index in [4.69, 9.17) is 11.6 Å². The summed E-state index contributed by atoms with van der Waals surface area (Å²) in [5, 5.41) is 4.57. The van der Waals surface area contributed by atoms with E-state index in [1.807, 2.05) is 12.1 Å². The van der Waals surface area contributed by atoms with Gasteiger partial charge < -0.3 is 5.32 Å². The Morgan fingerprint density at radius 1 is 1.22 bits per heavy atom. The number of halogens is 1. The zero-order valence-corrected chi connectivity index (χ0v) is 12.3. The number of rotatable bonds is 5. The van der Waals surface area contributed by atoms with Gasteiger partial charge in [0.2, 0.25) is 0 Å². The Bertz CT molecular complexity index is 380. The van der Waals surface area contributed by atoms with Crippen molar-refractivity contribution in [2.45, 2.75) is 44.9 Å². The van der Waals surface area contributed by atoms with E-state index < -0.39 is 0 Å². The van der Waals surface area contributed by atoms with Crippen molar-refractivity contribution in [2.75, 3.05) is 13.1 Å². The van der Waals surface area contributed by atoms with Crippen LogP contribution in [0.4, 0.5) is 0 Å². The smallest absolute Gasteiger partial charge is 0.0444 e. The SMILES string of the molecule is CC(C)CNCC1(c2ccccc2Cl)CCCC1. The number of hydrogen-bond acceptors (Lipinski definition) is 1. The summed E-state index contributed by atoms with van der Waals surface area (Å²) in [4.78, 5) is 0. The van der Waals surface area contributed by atoms with Crippen molar-refractivity contribution in [1.82, 2.24) is 5.32 Å². The monoisotopic (exact) mass is 265 g/mol. The Kier molecular flexibility index (Phi) is 4.69. The first-order chi connectivity index (χ1) is 8.64. The van der Waals surface area contributed by atoms with Gasteiger partial charge in [0, 0.05) is 17.0 Å². The molecule has 0 aliphatic heterocycles. The first-order valence-electron chi connectivity index (χ1n) is 7.10. The van der Waals surface area contributed by atoms with Crippen LogP contribution in [-0.4, -0.2) is 13.1 Å². The van der Waals surface area contributed by atoms with Crippen LogP contribution in [0.1, 0.15) is 45.1 Å². The highest BCUT2D eigenvalue weighted by Crippen LogP contribution is 2.43. The fourth-order valence-electron chi connectivity index (χ4n) is 3.08. The predicted molar refractivity (Wildman–Crippen MR) is 79.3 cm³/mol. The van der Waals surface area contributed by atoms with Gasteiger partial charge in [0.15, 0.2) is 0 Å².